The highest BCUT2D eigenvalue weighted by molar-refractivity contribution is 5.86. The first-order valence-electron chi connectivity index (χ1n) is 7.09. The summed E-state index contributed by atoms with van der Waals surface area (Å²) >= 11 is 0. The third-order valence-electron chi connectivity index (χ3n) is 3.49. The summed E-state index contributed by atoms with van der Waals surface area (Å²) < 4.78 is 11.0. The van der Waals surface area contributed by atoms with E-state index < -0.39 is 6.09 Å². The fourth-order valence-corrected chi connectivity index (χ4v) is 2.43. The van der Waals surface area contributed by atoms with Crippen molar-refractivity contribution in [1.29, 1.82) is 0 Å². The van der Waals surface area contributed by atoms with E-state index in [9.17, 15) is 9.90 Å². The number of carbonyl (C=O) groups is 1. The van der Waals surface area contributed by atoms with Gasteiger partial charge in [-0.3, -0.25) is 4.90 Å². The molecule has 5 heteroatoms. The van der Waals surface area contributed by atoms with E-state index in [4.69, 9.17) is 9.47 Å². The van der Waals surface area contributed by atoms with E-state index in [1.807, 2.05) is 43.3 Å². The second-order valence-corrected chi connectivity index (χ2v) is 5.19. The normalized spacial score (nSPS) is 12.8. The number of hydrogen-bond acceptors (Lipinski definition) is 3. The molecule has 5 nitrogen and oxygen atoms in total. The van der Waals surface area contributed by atoms with Crippen LogP contribution in [0.25, 0.3) is 0 Å². The van der Waals surface area contributed by atoms with Gasteiger partial charge in [-0.25, -0.2) is 4.79 Å². The number of rotatable bonds is 3. The van der Waals surface area contributed by atoms with Gasteiger partial charge in [-0.2, -0.15) is 0 Å². The molecule has 0 radical (unpaired) electrons. The SMILES string of the molecule is Cc1cccc(N(Cc2ccc3c(c2)OCCO3)C(=O)O)c1. The third kappa shape index (κ3) is 2.98. The van der Waals surface area contributed by atoms with Crippen molar-refractivity contribution in [2.45, 2.75) is 13.5 Å². The molecule has 22 heavy (non-hydrogen) atoms. The largest absolute Gasteiger partial charge is 0.486 e. The molecule has 0 aromatic heterocycles. The highest BCUT2D eigenvalue weighted by Crippen LogP contribution is 2.31. The van der Waals surface area contributed by atoms with Crippen LogP contribution in [0, 0.1) is 6.92 Å². The summed E-state index contributed by atoms with van der Waals surface area (Å²) in [5, 5.41) is 9.49. The summed E-state index contributed by atoms with van der Waals surface area (Å²) in [6, 6.07) is 12.9. The minimum absolute atomic E-state index is 0.259. The van der Waals surface area contributed by atoms with Gasteiger partial charge in [-0.15, -0.1) is 0 Å². The number of fused-ring (bicyclic) bond motifs is 1. The second-order valence-electron chi connectivity index (χ2n) is 5.19. The van der Waals surface area contributed by atoms with Gasteiger partial charge in [0, 0.05) is 5.69 Å². The van der Waals surface area contributed by atoms with E-state index in [0.29, 0.717) is 30.4 Å². The quantitative estimate of drug-likeness (QED) is 0.943. The first-order valence-corrected chi connectivity index (χ1v) is 7.09. The number of nitrogens with zero attached hydrogens (tertiary/aromatic N) is 1. The van der Waals surface area contributed by atoms with Crippen LogP contribution in [0.5, 0.6) is 11.5 Å². The van der Waals surface area contributed by atoms with Crippen molar-refractivity contribution in [3.63, 3.8) is 0 Å². The van der Waals surface area contributed by atoms with E-state index >= 15 is 0 Å². The average Bonchev–Trinajstić information content (AvgIpc) is 2.52. The molecular weight excluding hydrogens is 282 g/mol. The van der Waals surface area contributed by atoms with Crippen LogP contribution in [0.4, 0.5) is 10.5 Å². The molecule has 2 aromatic rings. The van der Waals surface area contributed by atoms with Gasteiger partial charge in [0.15, 0.2) is 11.5 Å². The van der Waals surface area contributed by atoms with Crippen LogP contribution in [0.15, 0.2) is 42.5 Å². The topological polar surface area (TPSA) is 59.0 Å². The number of amides is 1. The molecule has 1 amide bonds. The molecule has 0 unspecified atom stereocenters. The van der Waals surface area contributed by atoms with Crippen LogP contribution in [0.2, 0.25) is 0 Å². The Morgan fingerprint density at radius 1 is 1.14 bits per heavy atom. The van der Waals surface area contributed by atoms with Gasteiger partial charge < -0.3 is 14.6 Å². The summed E-state index contributed by atoms with van der Waals surface area (Å²) in [5.74, 6) is 1.37. The monoisotopic (exact) mass is 299 g/mol. The molecule has 2 aromatic carbocycles. The summed E-state index contributed by atoms with van der Waals surface area (Å²) in [5.41, 5.74) is 2.53. The Morgan fingerprint density at radius 3 is 2.64 bits per heavy atom. The van der Waals surface area contributed by atoms with Crippen molar-refractivity contribution in [1.82, 2.24) is 0 Å². The van der Waals surface area contributed by atoms with E-state index in [-0.39, 0.29) is 6.54 Å². The summed E-state index contributed by atoms with van der Waals surface area (Å²) in [6.45, 7) is 3.25. The third-order valence-corrected chi connectivity index (χ3v) is 3.49. The van der Waals surface area contributed by atoms with Gasteiger partial charge in [0.2, 0.25) is 0 Å². The average molecular weight is 299 g/mol. The number of ether oxygens (including phenoxy) is 2. The molecule has 0 spiro atoms. The Hall–Kier alpha value is -2.69. The standard InChI is InChI=1S/C17H17NO4/c1-12-3-2-4-14(9-12)18(17(19)20)11-13-5-6-15-16(10-13)22-8-7-21-15/h2-6,9-10H,7-8,11H2,1H3,(H,19,20). The lowest BCUT2D eigenvalue weighted by atomic mass is 10.1. The lowest BCUT2D eigenvalue weighted by Crippen LogP contribution is -2.28. The predicted octanol–water partition coefficient (Wildman–Crippen LogP) is 3.45. The predicted molar refractivity (Wildman–Crippen MR) is 82.8 cm³/mol. The minimum Gasteiger partial charge on any atom is -0.486 e. The molecular formula is C17H17NO4. The molecule has 0 saturated carbocycles. The van der Waals surface area contributed by atoms with Crippen molar-refractivity contribution < 1.29 is 19.4 Å². The molecule has 114 valence electrons. The number of hydrogen-bond donors (Lipinski definition) is 1. The smallest absolute Gasteiger partial charge is 0.412 e. The van der Waals surface area contributed by atoms with Crippen LogP contribution < -0.4 is 14.4 Å². The minimum atomic E-state index is -0.986. The lowest BCUT2D eigenvalue weighted by molar-refractivity contribution is 0.171. The van der Waals surface area contributed by atoms with Crippen LogP contribution in [-0.4, -0.2) is 24.4 Å². The summed E-state index contributed by atoms with van der Waals surface area (Å²) in [7, 11) is 0. The van der Waals surface area contributed by atoms with E-state index in [1.54, 1.807) is 6.07 Å². The van der Waals surface area contributed by atoms with Crippen molar-refractivity contribution in [2.75, 3.05) is 18.1 Å². The molecule has 3 rings (SSSR count). The molecule has 0 fully saturated rings. The highest BCUT2D eigenvalue weighted by Gasteiger charge is 2.17. The van der Waals surface area contributed by atoms with E-state index in [0.717, 1.165) is 11.1 Å². The molecule has 0 atom stereocenters. The number of anilines is 1. The van der Waals surface area contributed by atoms with Gasteiger partial charge in [0.05, 0.1) is 6.54 Å². The Kier molecular flexibility index (Phi) is 3.87. The zero-order chi connectivity index (χ0) is 15.5. The molecule has 0 aliphatic carbocycles. The highest BCUT2D eigenvalue weighted by atomic mass is 16.6. The molecule has 1 N–H and O–H groups in total. The van der Waals surface area contributed by atoms with Crippen molar-refractivity contribution >= 4 is 11.8 Å². The van der Waals surface area contributed by atoms with Gasteiger partial charge in [-0.1, -0.05) is 18.2 Å². The van der Waals surface area contributed by atoms with E-state index in [1.165, 1.54) is 4.90 Å². The van der Waals surface area contributed by atoms with Crippen molar-refractivity contribution in [3.8, 4) is 11.5 Å². The fourth-order valence-electron chi connectivity index (χ4n) is 2.43. The maximum atomic E-state index is 11.6. The molecule has 1 aliphatic rings. The van der Waals surface area contributed by atoms with Crippen LogP contribution in [-0.2, 0) is 6.54 Å². The Labute approximate surface area is 128 Å². The molecule has 0 saturated heterocycles. The maximum Gasteiger partial charge on any atom is 0.412 e. The van der Waals surface area contributed by atoms with Crippen LogP contribution in [0.1, 0.15) is 11.1 Å². The number of carboxylic acid groups (broad SMARTS) is 1. The maximum absolute atomic E-state index is 11.6. The Morgan fingerprint density at radius 2 is 1.91 bits per heavy atom. The Balaban J connectivity index is 1.86. The molecule has 1 heterocycles. The summed E-state index contributed by atoms with van der Waals surface area (Å²) in [6.07, 6.45) is -0.986. The first kappa shape index (κ1) is 14.3. The Bertz CT molecular complexity index is 699. The van der Waals surface area contributed by atoms with E-state index in [2.05, 4.69) is 0 Å². The van der Waals surface area contributed by atoms with Gasteiger partial charge in [0.1, 0.15) is 13.2 Å². The lowest BCUT2D eigenvalue weighted by Gasteiger charge is -2.22. The van der Waals surface area contributed by atoms with Crippen LogP contribution >= 0.6 is 0 Å². The zero-order valence-corrected chi connectivity index (χ0v) is 12.3. The molecule has 1 aliphatic heterocycles. The first-order chi connectivity index (χ1) is 10.6. The van der Waals surface area contributed by atoms with Crippen molar-refractivity contribution in [3.05, 3.63) is 53.6 Å². The fraction of sp³-hybridized carbons (Fsp3) is 0.235. The van der Waals surface area contributed by atoms with Gasteiger partial charge >= 0.3 is 6.09 Å². The zero-order valence-electron chi connectivity index (χ0n) is 12.3. The van der Waals surface area contributed by atoms with Gasteiger partial charge in [0.25, 0.3) is 0 Å². The second kappa shape index (κ2) is 5.97. The molecule has 0 bridgehead atoms. The van der Waals surface area contributed by atoms with Crippen molar-refractivity contribution in [2.24, 2.45) is 0 Å². The summed E-state index contributed by atoms with van der Waals surface area (Å²) in [4.78, 5) is 12.9. The van der Waals surface area contributed by atoms with Crippen LogP contribution in [0.3, 0.4) is 0 Å². The number of benzene rings is 2. The van der Waals surface area contributed by atoms with Gasteiger partial charge in [-0.05, 0) is 42.3 Å². The number of aryl methyl sites for hydroxylation is 1.